The molecule has 0 nitrogen and oxygen atoms in total. The van der Waals surface area contributed by atoms with Crippen LogP contribution in [-0.4, -0.2) is 8.07 Å². The quantitative estimate of drug-likeness (QED) is 0.564. The maximum atomic E-state index is 2.67. The number of hydrogen-bond acceptors (Lipinski definition) is 0. The van der Waals surface area contributed by atoms with E-state index in [1.54, 1.807) is 33.4 Å². The molecule has 26 heavy (non-hydrogen) atoms. The van der Waals surface area contributed by atoms with Crippen LogP contribution in [0.15, 0.2) is 41.2 Å². The first-order chi connectivity index (χ1) is 11.1. The summed E-state index contributed by atoms with van der Waals surface area (Å²) in [6, 6.07) is 2.79. The second kappa shape index (κ2) is 7.38. The van der Waals surface area contributed by atoms with Crippen LogP contribution in [0.5, 0.6) is 0 Å². The number of hydrogen-bond donors (Lipinski definition) is 0. The van der Waals surface area contributed by atoms with Gasteiger partial charge in [-0.15, -0.1) is 0 Å². The van der Waals surface area contributed by atoms with Gasteiger partial charge >= 0.3 is 160 Å². The number of allylic oxidation sites excluding steroid dienone is 8. The van der Waals surface area contributed by atoms with Crippen LogP contribution in [-0.2, 0) is 19.2 Å². The Morgan fingerprint density at radius 1 is 0.654 bits per heavy atom. The van der Waals surface area contributed by atoms with Crippen LogP contribution < -0.4 is 24.8 Å². The molecule has 0 amide bonds. The summed E-state index contributed by atoms with van der Waals surface area (Å²) >= 11 is -0.190. The Labute approximate surface area is 183 Å². The number of fused-ring (bicyclic) bond motifs is 2. The molecule has 3 aliphatic rings. The van der Waals surface area contributed by atoms with E-state index >= 15 is 0 Å². The number of halogens is 2. The van der Waals surface area contributed by atoms with Crippen molar-refractivity contribution in [3.05, 3.63) is 41.2 Å². The molecule has 3 rings (SSSR count). The molecule has 0 N–H and O–H groups in total. The molecule has 1 saturated heterocycles. The fourth-order valence-corrected chi connectivity index (χ4v) is 19.9. The summed E-state index contributed by atoms with van der Waals surface area (Å²) in [6.45, 7) is 24.9. The minimum absolute atomic E-state index is 0. The van der Waals surface area contributed by atoms with E-state index in [1.807, 2.05) is 7.76 Å². The van der Waals surface area contributed by atoms with Crippen LogP contribution in [0.4, 0.5) is 0 Å². The normalized spacial score (nSPS) is 31.9. The molecular weight excluding hydrogens is 411 g/mol. The molecule has 1 aliphatic heterocycles. The molecule has 2 atom stereocenters. The summed E-state index contributed by atoms with van der Waals surface area (Å²) < 4.78 is 3.81. The van der Waals surface area contributed by atoms with Crippen LogP contribution in [0.25, 0.3) is 0 Å². The summed E-state index contributed by atoms with van der Waals surface area (Å²) in [5, 5.41) is 0.796. The molecule has 0 aromatic rings. The Bertz CT molecular complexity index is 707. The Balaban J connectivity index is 0.00000169. The SMILES string of the molecule is CC[Si]1(CC)C2(C)C(C)=C(C)C(C)=[C]2[Ti+2][C]2=C(C)C(C)=C(C)C21C.[Cl-].[Cl-]. The molecule has 0 spiro atoms. The van der Waals surface area contributed by atoms with Gasteiger partial charge in [-0.3, -0.25) is 0 Å². The van der Waals surface area contributed by atoms with Crippen LogP contribution in [0.1, 0.15) is 69.2 Å². The molecule has 0 bridgehead atoms. The summed E-state index contributed by atoms with van der Waals surface area (Å²) in [7, 11) is -1.63. The number of rotatable bonds is 2. The van der Waals surface area contributed by atoms with Gasteiger partial charge < -0.3 is 24.8 Å². The Hall–Kier alpha value is 0.471. The van der Waals surface area contributed by atoms with Crippen molar-refractivity contribution >= 4 is 8.07 Å². The van der Waals surface area contributed by atoms with Gasteiger partial charge in [0.25, 0.3) is 0 Å². The van der Waals surface area contributed by atoms with Gasteiger partial charge in [0.2, 0.25) is 0 Å². The molecule has 144 valence electrons. The fraction of sp³-hybridized carbons (Fsp3) is 0.636. The van der Waals surface area contributed by atoms with Crippen molar-refractivity contribution in [2.75, 3.05) is 0 Å². The van der Waals surface area contributed by atoms with E-state index in [4.69, 9.17) is 0 Å². The van der Waals surface area contributed by atoms with Crippen LogP contribution in [0.2, 0.25) is 22.2 Å². The predicted octanol–water partition coefficient (Wildman–Crippen LogP) is 1.35. The first kappa shape index (κ1) is 24.5. The topological polar surface area (TPSA) is 0 Å². The monoisotopic (exact) mass is 444 g/mol. The van der Waals surface area contributed by atoms with Crippen molar-refractivity contribution in [1.82, 2.24) is 0 Å². The second-order valence-electron chi connectivity index (χ2n) is 8.66. The molecule has 0 aromatic heterocycles. The third-order valence-corrected chi connectivity index (χ3v) is 20.7. The van der Waals surface area contributed by atoms with Gasteiger partial charge in [0.15, 0.2) is 0 Å². The van der Waals surface area contributed by atoms with E-state index in [2.05, 4.69) is 69.2 Å². The zero-order chi connectivity index (χ0) is 18.2. The van der Waals surface area contributed by atoms with Crippen LogP contribution >= 0.6 is 0 Å². The largest absolute Gasteiger partial charge is 1.00 e. The van der Waals surface area contributed by atoms with Crippen molar-refractivity contribution in [1.29, 1.82) is 0 Å². The van der Waals surface area contributed by atoms with Crippen LogP contribution in [0, 0.1) is 0 Å². The Kier molecular flexibility index (Phi) is 6.95. The summed E-state index contributed by atoms with van der Waals surface area (Å²) in [5.41, 5.74) is 10.0. The van der Waals surface area contributed by atoms with E-state index in [-0.39, 0.29) is 44.0 Å². The third-order valence-electron chi connectivity index (χ3n) is 8.87. The minimum Gasteiger partial charge on any atom is -1.00 e. The Morgan fingerprint density at radius 2 is 0.962 bits per heavy atom. The van der Waals surface area contributed by atoms with E-state index in [0.717, 1.165) is 0 Å². The second-order valence-corrected chi connectivity index (χ2v) is 16.2. The third kappa shape index (κ3) is 2.31. The molecular formula is C22H34Cl2SiTi. The molecule has 1 heterocycles. The van der Waals surface area contributed by atoms with E-state index in [9.17, 15) is 0 Å². The summed E-state index contributed by atoms with van der Waals surface area (Å²) in [5.74, 6) is 0. The van der Waals surface area contributed by atoms with Crippen LogP contribution in [0.3, 0.4) is 0 Å². The van der Waals surface area contributed by atoms with Crippen molar-refractivity contribution in [2.24, 2.45) is 0 Å². The predicted molar refractivity (Wildman–Crippen MR) is 106 cm³/mol. The zero-order valence-electron chi connectivity index (χ0n) is 18.2. The maximum absolute atomic E-state index is 2.67. The van der Waals surface area contributed by atoms with Crippen molar-refractivity contribution in [3.63, 3.8) is 0 Å². The van der Waals surface area contributed by atoms with Gasteiger partial charge in [-0.2, -0.15) is 0 Å². The first-order valence-electron chi connectivity index (χ1n) is 9.62. The van der Waals surface area contributed by atoms with Gasteiger partial charge in [0, 0.05) is 0 Å². The molecule has 0 radical (unpaired) electrons. The van der Waals surface area contributed by atoms with Gasteiger partial charge in [-0.25, -0.2) is 0 Å². The molecule has 2 aliphatic carbocycles. The average molecular weight is 445 g/mol. The Morgan fingerprint density at radius 3 is 1.23 bits per heavy atom. The molecule has 0 aromatic carbocycles. The fourth-order valence-electron chi connectivity index (χ4n) is 6.74. The smallest absolute Gasteiger partial charge is 1.00 e. The minimum atomic E-state index is -1.63. The molecule has 4 heteroatoms. The summed E-state index contributed by atoms with van der Waals surface area (Å²) in [6.07, 6.45) is 0. The van der Waals surface area contributed by atoms with E-state index in [1.165, 1.54) is 12.1 Å². The van der Waals surface area contributed by atoms with E-state index < -0.39 is 8.07 Å². The van der Waals surface area contributed by atoms with Crippen molar-refractivity contribution in [3.8, 4) is 0 Å². The van der Waals surface area contributed by atoms with Gasteiger partial charge in [-0.1, -0.05) is 0 Å². The maximum Gasteiger partial charge on any atom is -1.00 e. The van der Waals surface area contributed by atoms with Crippen molar-refractivity contribution < 1.29 is 44.0 Å². The first-order valence-corrected chi connectivity index (χ1v) is 13.6. The average Bonchev–Trinajstić information content (AvgIpc) is 2.84. The molecule has 1 fully saturated rings. The zero-order valence-corrected chi connectivity index (χ0v) is 22.2. The van der Waals surface area contributed by atoms with Gasteiger partial charge in [0.05, 0.1) is 0 Å². The van der Waals surface area contributed by atoms with Crippen molar-refractivity contribution in [2.45, 2.75) is 91.4 Å². The van der Waals surface area contributed by atoms with Gasteiger partial charge in [-0.05, 0) is 0 Å². The standard InChI is InChI=1S/C22H34Si.2ClH.Ti/c1-11-23(12-2,21(9)13-15(3)17(5)19(21)7)22(10)14-16(4)18(6)20(22)8;;;/h11-12H2,1-10H3;2*1H;/q;;;+2/p-2. The molecule has 0 saturated carbocycles. The van der Waals surface area contributed by atoms with E-state index in [0.29, 0.717) is 10.1 Å². The van der Waals surface area contributed by atoms with Gasteiger partial charge in [0.1, 0.15) is 0 Å². The molecule has 2 unspecified atom stereocenters. The summed E-state index contributed by atoms with van der Waals surface area (Å²) in [4.78, 5) is 0.